The molecule has 0 heterocycles. The van der Waals surface area contributed by atoms with Crippen molar-refractivity contribution in [3.8, 4) is 11.5 Å². The van der Waals surface area contributed by atoms with Crippen LogP contribution < -0.4 is 10.1 Å². The van der Waals surface area contributed by atoms with E-state index in [1.165, 1.54) is 12.7 Å². The van der Waals surface area contributed by atoms with Gasteiger partial charge in [-0.25, -0.2) is 4.79 Å². The van der Waals surface area contributed by atoms with Gasteiger partial charge in [0.15, 0.2) is 0 Å². The lowest BCUT2D eigenvalue weighted by molar-refractivity contribution is -0.139. The van der Waals surface area contributed by atoms with Gasteiger partial charge in [-0.05, 0) is 63.1 Å². The SMILES string of the molecule is C=C(C)[C@@H]1CCC(C)=C[C@H]1c1c(O)cc(CCCCC)cc1OC(=O)NCC(=O)OC. The highest BCUT2D eigenvalue weighted by molar-refractivity contribution is 5.79. The van der Waals surface area contributed by atoms with Gasteiger partial charge in [0.25, 0.3) is 0 Å². The monoisotopic (exact) mass is 429 g/mol. The van der Waals surface area contributed by atoms with E-state index < -0.39 is 12.1 Å². The third-order valence-electron chi connectivity index (χ3n) is 5.77. The van der Waals surface area contributed by atoms with E-state index in [1.807, 2.05) is 13.0 Å². The van der Waals surface area contributed by atoms with Crippen LogP contribution >= 0.6 is 0 Å². The molecule has 1 amide bonds. The predicted molar refractivity (Wildman–Crippen MR) is 121 cm³/mol. The standard InChI is InChI=1S/C25H35NO5/c1-6-7-8-9-18-13-21(27)24(20-12-17(4)10-11-19(20)16(2)3)22(14-18)31-25(29)26-15-23(28)30-5/h12-14,19-20,27H,2,6-11,15H2,1,3-5H3,(H,26,29)/t19-,20+/m0/s1. The van der Waals surface area contributed by atoms with Gasteiger partial charge in [-0.2, -0.15) is 0 Å². The van der Waals surface area contributed by atoms with Crippen LogP contribution in [0.2, 0.25) is 0 Å². The number of carbonyl (C=O) groups is 2. The maximum absolute atomic E-state index is 12.4. The Hall–Kier alpha value is -2.76. The molecule has 0 saturated heterocycles. The van der Waals surface area contributed by atoms with Gasteiger partial charge in [-0.3, -0.25) is 4.79 Å². The summed E-state index contributed by atoms with van der Waals surface area (Å²) in [5, 5.41) is 13.4. The number of allylic oxidation sites excluding steroid dienone is 3. The second kappa shape index (κ2) is 11.6. The second-order valence-corrected chi connectivity index (χ2v) is 8.33. The molecule has 0 aromatic heterocycles. The van der Waals surface area contributed by atoms with Crippen molar-refractivity contribution in [1.82, 2.24) is 5.32 Å². The van der Waals surface area contributed by atoms with E-state index >= 15 is 0 Å². The first-order valence-corrected chi connectivity index (χ1v) is 11.0. The normalized spacial score (nSPS) is 18.1. The zero-order valence-electron chi connectivity index (χ0n) is 19.1. The third-order valence-corrected chi connectivity index (χ3v) is 5.77. The summed E-state index contributed by atoms with van der Waals surface area (Å²) in [6.07, 6.45) is 7.21. The van der Waals surface area contributed by atoms with Crippen LogP contribution in [0.25, 0.3) is 0 Å². The van der Waals surface area contributed by atoms with Crippen molar-refractivity contribution in [2.75, 3.05) is 13.7 Å². The van der Waals surface area contributed by atoms with Gasteiger partial charge in [0.05, 0.1) is 7.11 Å². The van der Waals surface area contributed by atoms with Crippen LogP contribution in [0.5, 0.6) is 11.5 Å². The lowest BCUT2D eigenvalue weighted by Gasteiger charge is -2.32. The lowest BCUT2D eigenvalue weighted by atomic mass is 9.73. The molecule has 31 heavy (non-hydrogen) atoms. The van der Waals surface area contributed by atoms with E-state index in [1.54, 1.807) is 6.07 Å². The maximum atomic E-state index is 12.4. The van der Waals surface area contributed by atoms with Gasteiger partial charge in [0.2, 0.25) is 0 Å². The Morgan fingerprint density at radius 1 is 1.29 bits per heavy atom. The number of hydrogen-bond acceptors (Lipinski definition) is 5. The van der Waals surface area contributed by atoms with E-state index in [2.05, 4.69) is 36.6 Å². The number of esters is 1. The summed E-state index contributed by atoms with van der Waals surface area (Å²) in [6.45, 7) is 10.1. The summed E-state index contributed by atoms with van der Waals surface area (Å²) >= 11 is 0. The van der Waals surface area contributed by atoms with Crippen LogP contribution in [0, 0.1) is 5.92 Å². The Morgan fingerprint density at radius 3 is 2.68 bits per heavy atom. The van der Waals surface area contributed by atoms with Crippen molar-refractivity contribution in [3.63, 3.8) is 0 Å². The number of benzene rings is 1. The summed E-state index contributed by atoms with van der Waals surface area (Å²) in [5.74, 6) is -0.134. The summed E-state index contributed by atoms with van der Waals surface area (Å²) in [7, 11) is 1.25. The Labute approximate surface area is 185 Å². The molecule has 2 N–H and O–H groups in total. The molecule has 0 aliphatic heterocycles. The Kier molecular flexibility index (Phi) is 9.16. The molecule has 1 aliphatic carbocycles. The Bertz CT molecular complexity index is 843. The molecule has 1 aromatic rings. The zero-order valence-corrected chi connectivity index (χ0v) is 19.1. The minimum Gasteiger partial charge on any atom is -0.507 e. The average molecular weight is 430 g/mol. The van der Waals surface area contributed by atoms with Gasteiger partial charge in [0, 0.05) is 11.5 Å². The van der Waals surface area contributed by atoms with Gasteiger partial charge in [0.1, 0.15) is 18.0 Å². The van der Waals surface area contributed by atoms with E-state index in [-0.39, 0.29) is 24.1 Å². The van der Waals surface area contributed by atoms with Crippen molar-refractivity contribution in [2.24, 2.45) is 5.92 Å². The highest BCUT2D eigenvalue weighted by atomic mass is 16.6. The molecule has 0 spiro atoms. The molecular formula is C25H35NO5. The number of amides is 1. The molecule has 2 atom stereocenters. The van der Waals surface area contributed by atoms with Crippen molar-refractivity contribution < 1.29 is 24.2 Å². The average Bonchev–Trinajstić information content (AvgIpc) is 2.71. The lowest BCUT2D eigenvalue weighted by Crippen LogP contribution is -2.33. The molecule has 0 unspecified atom stereocenters. The number of methoxy groups -OCH3 is 1. The molecule has 0 bridgehead atoms. The minimum absolute atomic E-state index is 0.118. The first kappa shape index (κ1) is 24.5. The fraction of sp³-hybridized carbons (Fsp3) is 0.520. The first-order chi connectivity index (χ1) is 14.8. The molecule has 170 valence electrons. The Balaban J connectivity index is 2.42. The number of unbranched alkanes of at least 4 members (excludes halogenated alkanes) is 2. The zero-order chi connectivity index (χ0) is 23.0. The van der Waals surface area contributed by atoms with Crippen molar-refractivity contribution in [1.29, 1.82) is 0 Å². The van der Waals surface area contributed by atoms with Crippen LogP contribution in [-0.2, 0) is 16.0 Å². The predicted octanol–water partition coefficient (Wildman–Crippen LogP) is 5.40. The number of aryl methyl sites for hydroxylation is 1. The molecule has 2 rings (SSSR count). The van der Waals surface area contributed by atoms with Crippen LogP contribution in [0.3, 0.4) is 0 Å². The van der Waals surface area contributed by atoms with Crippen LogP contribution in [0.4, 0.5) is 4.79 Å². The van der Waals surface area contributed by atoms with Crippen molar-refractivity contribution in [3.05, 3.63) is 47.1 Å². The number of nitrogens with one attached hydrogen (secondary N) is 1. The van der Waals surface area contributed by atoms with Crippen molar-refractivity contribution >= 4 is 12.1 Å². The van der Waals surface area contributed by atoms with Gasteiger partial charge < -0.3 is 19.9 Å². The Morgan fingerprint density at radius 2 is 2.03 bits per heavy atom. The van der Waals surface area contributed by atoms with Gasteiger partial charge in [-0.15, -0.1) is 0 Å². The second-order valence-electron chi connectivity index (χ2n) is 8.33. The molecule has 0 fully saturated rings. The van der Waals surface area contributed by atoms with E-state index in [9.17, 15) is 14.7 Å². The largest absolute Gasteiger partial charge is 0.507 e. The molecule has 1 aromatic carbocycles. The minimum atomic E-state index is -0.764. The number of hydrogen-bond donors (Lipinski definition) is 2. The molecule has 0 saturated carbocycles. The smallest absolute Gasteiger partial charge is 0.413 e. The fourth-order valence-corrected chi connectivity index (χ4v) is 4.07. The highest BCUT2D eigenvalue weighted by Gasteiger charge is 2.31. The maximum Gasteiger partial charge on any atom is 0.413 e. The molecule has 1 aliphatic rings. The molecule has 6 nitrogen and oxygen atoms in total. The van der Waals surface area contributed by atoms with Crippen LogP contribution in [0.1, 0.15) is 69.9 Å². The highest BCUT2D eigenvalue weighted by Crippen LogP contribution is 2.47. The number of aromatic hydroxyl groups is 1. The fourth-order valence-electron chi connectivity index (χ4n) is 4.07. The van der Waals surface area contributed by atoms with E-state index in [0.29, 0.717) is 11.3 Å². The topological polar surface area (TPSA) is 84.9 Å². The molecule has 0 radical (unpaired) electrons. The number of rotatable bonds is 9. The van der Waals surface area contributed by atoms with E-state index in [4.69, 9.17) is 4.74 Å². The van der Waals surface area contributed by atoms with Crippen LogP contribution in [-0.4, -0.2) is 30.8 Å². The number of phenolic OH excluding ortho intramolecular Hbond substituents is 1. The van der Waals surface area contributed by atoms with Gasteiger partial charge in [-0.1, -0.05) is 43.6 Å². The molecular weight excluding hydrogens is 394 g/mol. The van der Waals surface area contributed by atoms with Crippen LogP contribution in [0.15, 0.2) is 35.9 Å². The summed E-state index contributed by atoms with van der Waals surface area (Å²) in [5.41, 5.74) is 3.75. The quantitative estimate of drug-likeness (QED) is 0.312. The first-order valence-electron chi connectivity index (χ1n) is 11.0. The third kappa shape index (κ3) is 6.88. The molecule has 6 heteroatoms. The van der Waals surface area contributed by atoms with Gasteiger partial charge >= 0.3 is 12.1 Å². The van der Waals surface area contributed by atoms with E-state index in [0.717, 1.165) is 49.7 Å². The summed E-state index contributed by atoms with van der Waals surface area (Å²) in [4.78, 5) is 23.7. The summed E-state index contributed by atoms with van der Waals surface area (Å²) in [6, 6.07) is 3.60. The summed E-state index contributed by atoms with van der Waals surface area (Å²) < 4.78 is 10.2. The van der Waals surface area contributed by atoms with Crippen molar-refractivity contribution in [2.45, 2.75) is 65.2 Å². The number of phenols is 1. The number of carbonyl (C=O) groups excluding carboxylic acids is 2. The number of ether oxygens (including phenoxy) is 2.